The Balaban J connectivity index is 2.66. The molecule has 1 aliphatic carbocycles. The first kappa shape index (κ1) is 44.0. The average Bonchev–Trinajstić information content (AvgIpc) is 2.89. The fourth-order valence-corrected chi connectivity index (χ4v) is 9.13. The summed E-state index contributed by atoms with van der Waals surface area (Å²) in [7, 11) is 2.50. The van der Waals surface area contributed by atoms with Gasteiger partial charge in [-0.25, -0.2) is 9.59 Å². The van der Waals surface area contributed by atoms with Gasteiger partial charge in [-0.1, -0.05) is 28.5 Å². The Labute approximate surface area is 299 Å². The topological polar surface area (TPSA) is 155 Å². The minimum Gasteiger partial charge on any atom is -0.444 e. The number of alkyl carbamates (subject to hydrolysis) is 2. The normalized spacial score (nSPS) is 18.4. The van der Waals surface area contributed by atoms with Gasteiger partial charge in [-0.3, -0.25) is 9.59 Å². The highest BCUT2D eigenvalue weighted by atomic mass is 33.1. The van der Waals surface area contributed by atoms with Crippen molar-refractivity contribution in [1.82, 2.24) is 21.3 Å². The highest BCUT2D eigenvalue weighted by Gasteiger charge is 2.34. The van der Waals surface area contributed by atoms with Crippen molar-refractivity contribution in [1.29, 1.82) is 0 Å². The molecule has 4 unspecified atom stereocenters. The zero-order valence-corrected chi connectivity index (χ0v) is 33.5. The van der Waals surface area contributed by atoms with E-state index in [2.05, 4.69) is 42.0 Å². The molecule has 3 amide bonds. The molecular weight excluding hydrogens is 681 g/mol. The zero-order valence-electron chi connectivity index (χ0n) is 30.2. The summed E-state index contributed by atoms with van der Waals surface area (Å²) < 4.78 is 10.7. The van der Waals surface area contributed by atoms with Gasteiger partial charge >= 0.3 is 12.2 Å². The predicted molar refractivity (Wildman–Crippen MR) is 200 cm³/mol. The summed E-state index contributed by atoms with van der Waals surface area (Å²) in [5.41, 5.74) is -3.01. The van der Waals surface area contributed by atoms with E-state index in [1.807, 2.05) is 23.5 Å². The summed E-state index contributed by atoms with van der Waals surface area (Å²) in [6.45, 7) is 21.2. The van der Waals surface area contributed by atoms with Gasteiger partial charge < -0.3 is 35.8 Å². The smallest absolute Gasteiger partial charge is 0.408 e. The van der Waals surface area contributed by atoms with E-state index >= 15 is 0 Å². The fraction of sp³-hybridized carbons (Fsp3) is 0.875. The highest BCUT2D eigenvalue weighted by molar-refractivity contribution is 8.76. The minimum atomic E-state index is -1.68. The molecule has 0 aliphatic heterocycles. The number of thioether (sulfide) groups is 2. The summed E-state index contributed by atoms with van der Waals surface area (Å²) in [4.78, 5) is 51.0. The second-order valence-corrected chi connectivity index (χ2v) is 20.0. The maximum Gasteiger partial charge on any atom is 0.408 e. The Bertz CT molecular complexity index is 1010. The van der Waals surface area contributed by atoms with E-state index in [9.17, 15) is 24.3 Å². The van der Waals surface area contributed by atoms with Gasteiger partial charge in [0.1, 0.15) is 28.9 Å². The number of hydrogen-bond donors (Lipinski definition) is 5. The number of rotatable bonds is 20. The van der Waals surface area contributed by atoms with Crippen LogP contribution in [0.3, 0.4) is 0 Å². The first-order chi connectivity index (χ1) is 21.5. The Morgan fingerprint density at radius 1 is 0.745 bits per heavy atom. The van der Waals surface area contributed by atoms with Crippen molar-refractivity contribution in [2.24, 2.45) is 0 Å². The standard InChI is InChI=1S/C32H60N4O7S4/c1-12-31(8,9)34-16-18-45-24-14-13-23(24)44-17-15-33-26(38)22(36-28(40)43-30(5,6)7)20-47-46-19-21(25(37)32(10,11)41)35-27(39)42-29(2,3)4/h21-24,34,41H,12-20H2,1-11H3,(H,33,38)(H,35,39)(H,36,40). The van der Waals surface area contributed by atoms with Crippen LogP contribution in [0.25, 0.3) is 0 Å². The lowest BCUT2D eigenvalue weighted by molar-refractivity contribution is -0.135. The molecule has 47 heavy (non-hydrogen) atoms. The molecule has 0 heterocycles. The number of ether oxygens (including phenoxy) is 2. The van der Waals surface area contributed by atoms with Crippen LogP contribution in [0, 0.1) is 0 Å². The molecule has 5 N–H and O–H groups in total. The Kier molecular flexibility index (Phi) is 18.7. The summed E-state index contributed by atoms with van der Waals surface area (Å²) in [6, 6.07) is -1.92. The lowest BCUT2D eigenvalue weighted by Gasteiger charge is -2.36. The molecule has 1 aliphatic rings. The van der Waals surface area contributed by atoms with E-state index in [4.69, 9.17) is 9.47 Å². The van der Waals surface area contributed by atoms with Crippen molar-refractivity contribution < 1.29 is 33.8 Å². The third-order valence-corrected chi connectivity index (χ3v) is 12.4. The number of Topliss-reactive ketones (excluding diaryl/α,β-unsaturated/α-hetero) is 1. The minimum absolute atomic E-state index is 0.108. The molecule has 0 radical (unpaired) electrons. The molecular formula is C32H60N4O7S4. The lowest BCUT2D eigenvalue weighted by Crippen LogP contribution is -2.51. The van der Waals surface area contributed by atoms with Crippen molar-refractivity contribution >= 4 is 69.0 Å². The van der Waals surface area contributed by atoms with Gasteiger partial charge in [0, 0.05) is 52.1 Å². The van der Waals surface area contributed by atoms with E-state index < -0.39 is 46.9 Å². The van der Waals surface area contributed by atoms with Gasteiger partial charge in [-0.15, -0.1) is 0 Å². The van der Waals surface area contributed by atoms with E-state index in [-0.39, 0.29) is 23.0 Å². The molecule has 1 saturated carbocycles. The van der Waals surface area contributed by atoms with Gasteiger partial charge in [0.2, 0.25) is 5.91 Å². The van der Waals surface area contributed by atoms with Crippen LogP contribution in [-0.2, 0) is 19.1 Å². The lowest BCUT2D eigenvalue weighted by atomic mass is 9.98. The van der Waals surface area contributed by atoms with Crippen molar-refractivity contribution in [2.75, 3.05) is 36.1 Å². The predicted octanol–water partition coefficient (Wildman–Crippen LogP) is 5.39. The summed E-state index contributed by atoms with van der Waals surface area (Å²) in [5, 5.41) is 23.3. The van der Waals surface area contributed by atoms with Crippen molar-refractivity contribution in [3.8, 4) is 0 Å². The van der Waals surface area contributed by atoms with Crippen LogP contribution in [0.2, 0.25) is 0 Å². The van der Waals surface area contributed by atoms with Crippen LogP contribution in [0.5, 0.6) is 0 Å². The van der Waals surface area contributed by atoms with Gasteiger partial charge in [0.05, 0.1) is 0 Å². The molecule has 0 aromatic heterocycles. The van der Waals surface area contributed by atoms with Crippen molar-refractivity contribution in [2.45, 2.75) is 140 Å². The highest BCUT2D eigenvalue weighted by Crippen LogP contribution is 2.39. The molecule has 0 bridgehead atoms. The SMILES string of the molecule is CCC(C)(C)NCCSC1CCC1SCCNC(=O)C(CSSCC(NC(=O)OC(C)(C)C)C(=O)C(C)(C)O)NC(=O)OC(C)(C)C. The number of amides is 3. The van der Waals surface area contributed by atoms with Crippen LogP contribution in [0.15, 0.2) is 0 Å². The second-order valence-electron chi connectivity index (χ2n) is 14.7. The van der Waals surface area contributed by atoms with Crippen LogP contribution in [0.1, 0.15) is 95.4 Å². The average molecular weight is 741 g/mol. The van der Waals surface area contributed by atoms with Crippen LogP contribution < -0.4 is 21.3 Å². The molecule has 4 atom stereocenters. The quantitative estimate of drug-likeness (QED) is 0.0804. The fourth-order valence-electron chi connectivity index (χ4n) is 3.98. The molecule has 1 rings (SSSR count). The van der Waals surface area contributed by atoms with E-state index in [1.165, 1.54) is 48.3 Å². The Hall–Kier alpha value is -1.00. The molecule has 0 aromatic carbocycles. The Morgan fingerprint density at radius 3 is 1.62 bits per heavy atom. The monoisotopic (exact) mass is 740 g/mol. The van der Waals surface area contributed by atoms with E-state index in [0.717, 1.165) is 24.5 Å². The Morgan fingerprint density at radius 2 is 1.19 bits per heavy atom. The first-order valence-corrected chi connectivity index (χ1v) is 20.9. The maximum atomic E-state index is 13.2. The molecule has 0 spiro atoms. The van der Waals surface area contributed by atoms with Crippen LogP contribution in [-0.4, -0.2) is 110 Å². The number of hydrogen-bond acceptors (Lipinski definition) is 12. The number of nitrogens with one attached hydrogen (secondary N) is 4. The summed E-state index contributed by atoms with van der Waals surface area (Å²) in [6.07, 6.45) is 2.02. The van der Waals surface area contributed by atoms with Gasteiger partial charge in [0.15, 0.2) is 5.78 Å². The summed E-state index contributed by atoms with van der Waals surface area (Å²) in [5.74, 6) is 1.25. The third kappa shape index (κ3) is 19.7. The summed E-state index contributed by atoms with van der Waals surface area (Å²) >= 11 is 3.90. The molecule has 15 heteroatoms. The number of aliphatic hydroxyl groups is 1. The number of ketones is 1. The van der Waals surface area contributed by atoms with Gasteiger partial charge in [-0.2, -0.15) is 23.5 Å². The largest absolute Gasteiger partial charge is 0.444 e. The van der Waals surface area contributed by atoms with E-state index in [0.29, 0.717) is 17.0 Å². The third-order valence-electron chi connectivity index (χ3n) is 6.98. The first-order valence-electron chi connectivity index (χ1n) is 16.3. The number of carbonyl (C=O) groups excluding carboxylic acids is 4. The van der Waals surface area contributed by atoms with Crippen LogP contribution in [0.4, 0.5) is 9.59 Å². The maximum absolute atomic E-state index is 13.2. The number of carbonyl (C=O) groups is 4. The molecule has 0 saturated heterocycles. The molecule has 0 aromatic rings. The van der Waals surface area contributed by atoms with Crippen molar-refractivity contribution in [3.63, 3.8) is 0 Å². The molecule has 274 valence electrons. The van der Waals surface area contributed by atoms with Crippen LogP contribution >= 0.6 is 45.1 Å². The van der Waals surface area contributed by atoms with Gasteiger partial charge in [0.25, 0.3) is 0 Å². The zero-order chi connectivity index (χ0) is 36.1. The second kappa shape index (κ2) is 20.0. The van der Waals surface area contributed by atoms with Gasteiger partial charge in [-0.05, 0) is 88.5 Å². The van der Waals surface area contributed by atoms with Crippen molar-refractivity contribution in [3.05, 3.63) is 0 Å². The van der Waals surface area contributed by atoms with E-state index in [1.54, 1.807) is 41.5 Å². The molecule has 11 nitrogen and oxygen atoms in total. The molecule has 1 fully saturated rings.